The highest BCUT2D eigenvalue weighted by Crippen LogP contribution is 2.34. The largest absolute Gasteiger partial charge is 0.456 e. The second-order valence-electron chi connectivity index (χ2n) is 4.21. The Bertz CT molecular complexity index is 604. The zero-order valence-electron chi connectivity index (χ0n) is 10.9. The lowest BCUT2D eigenvalue weighted by Crippen LogP contribution is -2.12. The van der Waals surface area contributed by atoms with Gasteiger partial charge in [0.1, 0.15) is 11.5 Å². The van der Waals surface area contributed by atoms with Crippen LogP contribution in [0.3, 0.4) is 0 Å². The summed E-state index contributed by atoms with van der Waals surface area (Å²) in [6.07, 6.45) is 0. The molecule has 0 aromatic heterocycles. The molecule has 0 unspecified atom stereocenters. The molecule has 2 rings (SSSR count). The average molecular weight is 420 g/mol. The van der Waals surface area contributed by atoms with E-state index in [1.54, 1.807) is 0 Å². The molecule has 0 saturated heterocycles. The highest BCUT2D eigenvalue weighted by molar-refractivity contribution is 9.11. The fourth-order valence-electron chi connectivity index (χ4n) is 1.71. The summed E-state index contributed by atoms with van der Waals surface area (Å²) in [5.74, 6) is 1.52. The molecule has 0 amide bonds. The number of benzene rings is 2. The predicted octanol–water partition coefficient (Wildman–Crippen LogP) is 5.77. The zero-order chi connectivity index (χ0) is 14.5. The molecule has 1 N–H and O–H groups in total. The van der Waals surface area contributed by atoms with Crippen molar-refractivity contribution < 1.29 is 4.74 Å². The van der Waals surface area contributed by atoms with Crippen LogP contribution in [-0.4, -0.2) is 6.54 Å². The van der Waals surface area contributed by atoms with Crippen LogP contribution >= 0.6 is 43.5 Å². The van der Waals surface area contributed by atoms with E-state index in [2.05, 4.69) is 44.1 Å². The minimum Gasteiger partial charge on any atom is -0.456 e. The Hall–Kier alpha value is -0.550. The van der Waals surface area contributed by atoms with E-state index < -0.39 is 0 Å². The molecule has 2 nitrogen and oxygen atoms in total. The van der Waals surface area contributed by atoms with Crippen LogP contribution in [0.5, 0.6) is 11.5 Å². The molecule has 20 heavy (non-hydrogen) atoms. The first kappa shape index (κ1) is 15.8. The Morgan fingerprint density at radius 1 is 1.10 bits per heavy atom. The molecule has 0 fully saturated rings. The van der Waals surface area contributed by atoms with Crippen molar-refractivity contribution in [2.24, 2.45) is 0 Å². The molecule has 0 atom stereocenters. The maximum atomic E-state index is 6.06. The van der Waals surface area contributed by atoms with Gasteiger partial charge in [-0.1, -0.05) is 40.5 Å². The lowest BCUT2D eigenvalue weighted by Gasteiger charge is -2.13. The highest BCUT2D eigenvalue weighted by atomic mass is 79.9. The molecule has 0 aliphatic carbocycles. The molecule has 5 heteroatoms. The lowest BCUT2D eigenvalue weighted by molar-refractivity contribution is 0.470. The second-order valence-corrected chi connectivity index (χ2v) is 6.42. The molecule has 2 aromatic carbocycles. The van der Waals surface area contributed by atoms with Gasteiger partial charge in [-0.3, -0.25) is 0 Å². The van der Waals surface area contributed by atoms with E-state index >= 15 is 0 Å². The molecular weight excluding hydrogens is 405 g/mol. The van der Waals surface area contributed by atoms with Gasteiger partial charge in [-0.15, -0.1) is 0 Å². The Labute approximate surface area is 140 Å². The Balaban J connectivity index is 2.29. The topological polar surface area (TPSA) is 21.3 Å². The summed E-state index contributed by atoms with van der Waals surface area (Å²) in [7, 11) is 0. The molecule has 106 valence electrons. The number of nitrogens with one attached hydrogen (secondary N) is 1. The molecule has 2 aromatic rings. The van der Waals surface area contributed by atoms with Crippen molar-refractivity contribution in [2.45, 2.75) is 13.5 Å². The number of hydrogen-bond acceptors (Lipinski definition) is 2. The lowest BCUT2D eigenvalue weighted by atomic mass is 10.2. The number of ether oxygens (including phenoxy) is 1. The summed E-state index contributed by atoms with van der Waals surface area (Å²) in [5.41, 5.74) is 1.08. The summed E-state index contributed by atoms with van der Waals surface area (Å²) in [6, 6.07) is 11.5. The minimum absolute atomic E-state index is 0.661. The highest BCUT2D eigenvalue weighted by Gasteiger charge is 2.08. The Morgan fingerprint density at radius 3 is 2.60 bits per heavy atom. The third-order valence-corrected chi connectivity index (χ3v) is 4.06. The van der Waals surface area contributed by atoms with Gasteiger partial charge in [0.25, 0.3) is 0 Å². The standard InChI is InChI=1S/C15H14Br2ClNO/c1-2-19-9-10-3-5-12(18)8-15(10)20-14-6-4-11(16)7-13(14)17/h3-8,19H,2,9H2,1H3. The molecule has 0 bridgehead atoms. The summed E-state index contributed by atoms with van der Waals surface area (Å²) >= 11 is 13.0. The number of rotatable bonds is 5. The molecule has 0 saturated carbocycles. The van der Waals surface area contributed by atoms with Crippen molar-refractivity contribution >= 4 is 43.5 Å². The van der Waals surface area contributed by atoms with Crippen LogP contribution in [0.1, 0.15) is 12.5 Å². The molecule has 0 aliphatic rings. The van der Waals surface area contributed by atoms with Crippen molar-refractivity contribution in [1.82, 2.24) is 5.32 Å². The van der Waals surface area contributed by atoms with Gasteiger partial charge < -0.3 is 10.1 Å². The van der Waals surface area contributed by atoms with Crippen LogP contribution in [0.2, 0.25) is 5.02 Å². The molecular formula is C15H14Br2ClNO. The summed E-state index contributed by atoms with van der Waals surface area (Å²) in [6.45, 7) is 3.73. The van der Waals surface area contributed by atoms with Gasteiger partial charge in [0.05, 0.1) is 4.47 Å². The smallest absolute Gasteiger partial charge is 0.141 e. The van der Waals surface area contributed by atoms with E-state index in [4.69, 9.17) is 16.3 Å². The normalized spacial score (nSPS) is 10.6. The van der Waals surface area contributed by atoms with Crippen molar-refractivity contribution in [3.05, 3.63) is 55.9 Å². The van der Waals surface area contributed by atoms with Crippen molar-refractivity contribution in [2.75, 3.05) is 6.54 Å². The van der Waals surface area contributed by atoms with Gasteiger partial charge in [-0.25, -0.2) is 0 Å². The molecule has 0 spiro atoms. The summed E-state index contributed by atoms with van der Waals surface area (Å²) in [4.78, 5) is 0. The maximum Gasteiger partial charge on any atom is 0.141 e. The van der Waals surface area contributed by atoms with Crippen molar-refractivity contribution in [1.29, 1.82) is 0 Å². The third kappa shape index (κ3) is 4.22. The fraction of sp³-hybridized carbons (Fsp3) is 0.200. The molecule has 0 radical (unpaired) electrons. The van der Waals surface area contributed by atoms with Gasteiger partial charge >= 0.3 is 0 Å². The maximum absolute atomic E-state index is 6.06. The predicted molar refractivity (Wildman–Crippen MR) is 90.7 cm³/mol. The van der Waals surface area contributed by atoms with Gasteiger partial charge in [0.15, 0.2) is 0 Å². The second kappa shape index (κ2) is 7.46. The zero-order valence-corrected chi connectivity index (χ0v) is 14.8. The van der Waals surface area contributed by atoms with Gasteiger partial charge in [-0.2, -0.15) is 0 Å². The quantitative estimate of drug-likeness (QED) is 0.665. The van der Waals surface area contributed by atoms with Crippen LogP contribution in [-0.2, 0) is 6.54 Å². The van der Waals surface area contributed by atoms with E-state index in [1.165, 1.54) is 0 Å². The van der Waals surface area contributed by atoms with Crippen LogP contribution < -0.4 is 10.1 Å². The summed E-state index contributed by atoms with van der Waals surface area (Å²) in [5, 5.41) is 3.95. The van der Waals surface area contributed by atoms with E-state index in [0.717, 1.165) is 39.1 Å². The van der Waals surface area contributed by atoms with Crippen LogP contribution in [0, 0.1) is 0 Å². The van der Waals surface area contributed by atoms with E-state index in [0.29, 0.717) is 5.02 Å². The van der Waals surface area contributed by atoms with Gasteiger partial charge in [0.2, 0.25) is 0 Å². The van der Waals surface area contributed by atoms with Crippen LogP contribution in [0.4, 0.5) is 0 Å². The van der Waals surface area contributed by atoms with Gasteiger partial charge in [-0.05, 0) is 52.8 Å². The number of halogens is 3. The Morgan fingerprint density at radius 2 is 1.90 bits per heavy atom. The van der Waals surface area contributed by atoms with Crippen LogP contribution in [0.25, 0.3) is 0 Å². The fourth-order valence-corrected chi connectivity index (χ4v) is 3.00. The Kier molecular flexibility index (Phi) is 5.90. The first-order chi connectivity index (χ1) is 9.60. The summed E-state index contributed by atoms with van der Waals surface area (Å²) < 4.78 is 7.87. The van der Waals surface area contributed by atoms with Crippen molar-refractivity contribution in [3.63, 3.8) is 0 Å². The molecule has 0 aliphatic heterocycles. The van der Waals surface area contributed by atoms with Crippen molar-refractivity contribution in [3.8, 4) is 11.5 Å². The van der Waals surface area contributed by atoms with E-state index in [9.17, 15) is 0 Å². The SMILES string of the molecule is CCNCc1ccc(Cl)cc1Oc1ccc(Br)cc1Br. The first-order valence-electron chi connectivity index (χ1n) is 6.22. The number of hydrogen-bond donors (Lipinski definition) is 1. The third-order valence-electron chi connectivity index (χ3n) is 2.71. The minimum atomic E-state index is 0.661. The monoisotopic (exact) mass is 417 g/mol. The van der Waals surface area contributed by atoms with Crippen LogP contribution in [0.15, 0.2) is 45.3 Å². The van der Waals surface area contributed by atoms with E-state index in [1.807, 2.05) is 36.4 Å². The van der Waals surface area contributed by atoms with Gasteiger partial charge in [0, 0.05) is 21.6 Å². The molecule has 0 heterocycles. The van der Waals surface area contributed by atoms with E-state index in [-0.39, 0.29) is 0 Å². The first-order valence-corrected chi connectivity index (χ1v) is 8.18. The average Bonchev–Trinajstić information content (AvgIpc) is 2.41.